The second-order valence-electron chi connectivity index (χ2n) is 5.11. The largest absolute Gasteiger partial charge is 0.306 e. The smallest absolute Gasteiger partial charge is 0.141 e. The van der Waals surface area contributed by atoms with Crippen LogP contribution >= 0.6 is 11.6 Å². The Kier molecular flexibility index (Phi) is 3.53. The van der Waals surface area contributed by atoms with Crippen LogP contribution in [0.2, 0.25) is 5.02 Å². The number of hydrogen-bond donors (Lipinski definition) is 0. The highest BCUT2D eigenvalue weighted by atomic mass is 35.5. The minimum absolute atomic E-state index is 0.428. The Morgan fingerprint density at radius 1 is 1.32 bits per heavy atom. The van der Waals surface area contributed by atoms with Crippen molar-refractivity contribution in [1.29, 1.82) is 0 Å². The van der Waals surface area contributed by atoms with E-state index >= 15 is 0 Å². The third-order valence-electron chi connectivity index (χ3n) is 3.68. The van der Waals surface area contributed by atoms with Crippen LogP contribution in [0.1, 0.15) is 24.6 Å². The fourth-order valence-electron chi connectivity index (χ4n) is 2.73. The molecule has 4 nitrogen and oxygen atoms in total. The first kappa shape index (κ1) is 12.6. The Morgan fingerprint density at radius 2 is 2.16 bits per heavy atom. The molecule has 3 rings (SSSR count). The average molecular weight is 277 g/mol. The van der Waals surface area contributed by atoms with Crippen molar-refractivity contribution in [1.82, 2.24) is 19.7 Å². The molecule has 0 radical (unpaired) electrons. The number of piperidine rings is 1. The molecule has 0 aliphatic carbocycles. The van der Waals surface area contributed by atoms with Crippen LogP contribution in [0.3, 0.4) is 0 Å². The number of aromatic nitrogens is 3. The summed E-state index contributed by atoms with van der Waals surface area (Å²) in [5, 5.41) is 9.12. The van der Waals surface area contributed by atoms with Crippen molar-refractivity contribution in [2.24, 2.45) is 0 Å². The van der Waals surface area contributed by atoms with E-state index in [4.69, 9.17) is 11.6 Å². The molecule has 0 amide bonds. The van der Waals surface area contributed by atoms with E-state index in [0.717, 1.165) is 36.0 Å². The summed E-state index contributed by atoms with van der Waals surface area (Å²) < 4.78 is 2.02. The number of hydrogen-bond acceptors (Lipinski definition) is 3. The van der Waals surface area contributed by atoms with Crippen molar-refractivity contribution in [2.45, 2.75) is 18.8 Å². The summed E-state index contributed by atoms with van der Waals surface area (Å²) in [6.45, 7) is 2.19. The number of likely N-dealkylation sites (tertiary alicyclic amines) is 1. The van der Waals surface area contributed by atoms with Gasteiger partial charge in [0.25, 0.3) is 0 Å². The molecule has 0 unspecified atom stereocenters. The number of likely N-dealkylation sites (N-methyl/N-ethyl adjacent to an activating group) is 1. The van der Waals surface area contributed by atoms with Gasteiger partial charge in [-0.15, -0.1) is 10.2 Å². The molecule has 5 heteroatoms. The summed E-state index contributed by atoms with van der Waals surface area (Å²) in [4.78, 5) is 2.35. The molecule has 19 heavy (non-hydrogen) atoms. The average Bonchev–Trinajstić information content (AvgIpc) is 2.88. The van der Waals surface area contributed by atoms with Crippen LogP contribution in [-0.4, -0.2) is 39.8 Å². The molecule has 1 fully saturated rings. The van der Waals surface area contributed by atoms with E-state index in [1.165, 1.54) is 6.42 Å². The summed E-state index contributed by atoms with van der Waals surface area (Å²) in [7, 11) is 2.16. The number of rotatable bonds is 2. The first-order valence-corrected chi connectivity index (χ1v) is 6.97. The quantitative estimate of drug-likeness (QED) is 0.846. The van der Waals surface area contributed by atoms with E-state index in [2.05, 4.69) is 22.1 Å². The Morgan fingerprint density at radius 3 is 2.95 bits per heavy atom. The van der Waals surface area contributed by atoms with Crippen LogP contribution in [0.4, 0.5) is 0 Å². The van der Waals surface area contributed by atoms with Crippen molar-refractivity contribution in [2.75, 3.05) is 20.1 Å². The molecule has 100 valence electrons. The first-order valence-electron chi connectivity index (χ1n) is 6.59. The Balaban J connectivity index is 1.96. The lowest BCUT2D eigenvalue weighted by Crippen LogP contribution is -2.32. The summed E-state index contributed by atoms with van der Waals surface area (Å²) in [5.41, 5.74) is 0.956. The van der Waals surface area contributed by atoms with E-state index in [1.807, 2.05) is 28.8 Å². The standard InChI is InChI=1S/C14H17ClN4/c1-18-8-4-5-11(9-18)14-17-16-10-19(14)13-7-3-2-6-12(13)15/h2-3,6-7,10-11H,4-5,8-9H2,1H3/t11-/m0/s1. The van der Waals surface area contributed by atoms with Crippen LogP contribution in [0.15, 0.2) is 30.6 Å². The normalized spacial score (nSPS) is 20.6. The molecule has 1 atom stereocenters. The third-order valence-corrected chi connectivity index (χ3v) is 4.00. The Bertz CT molecular complexity index is 566. The maximum Gasteiger partial charge on any atom is 0.141 e. The molecule has 1 saturated heterocycles. The summed E-state index contributed by atoms with van der Waals surface area (Å²) in [6, 6.07) is 7.82. The van der Waals surface area contributed by atoms with E-state index in [-0.39, 0.29) is 0 Å². The van der Waals surface area contributed by atoms with Gasteiger partial charge in [0.15, 0.2) is 0 Å². The lowest BCUT2D eigenvalue weighted by Gasteiger charge is -2.29. The van der Waals surface area contributed by atoms with Crippen molar-refractivity contribution in [3.8, 4) is 5.69 Å². The van der Waals surface area contributed by atoms with E-state index in [0.29, 0.717) is 5.92 Å². The Hall–Kier alpha value is -1.39. The maximum atomic E-state index is 6.27. The summed E-state index contributed by atoms with van der Waals surface area (Å²) in [6.07, 6.45) is 4.12. The lowest BCUT2D eigenvalue weighted by molar-refractivity contribution is 0.244. The molecule has 1 aromatic heterocycles. The molecular formula is C14H17ClN4. The number of benzene rings is 1. The zero-order valence-electron chi connectivity index (χ0n) is 11.0. The second-order valence-corrected chi connectivity index (χ2v) is 5.52. The van der Waals surface area contributed by atoms with Gasteiger partial charge in [0.05, 0.1) is 10.7 Å². The van der Waals surface area contributed by atoms with Crippen LogP contribution in [0, 0.1) is 0 Å². The molecule has 0 N–H and O–H groups in total. The van der Waals surface area contributed by atoms with Crippen LogP contribution in [-0.2, 0) is 0 Å². The van der Waals surface area contributed by atoms with Gasteiger partial charge in [-0.05, 0) is 38.6 Å². The fourth-order valence-corrected chi connectivity index (χ4v) is 2.96. The van der Waals surface area contributed by atoms with Crippen molar-refractivity contribution in [3.63, 3.8) is 0 Å². The van der Waals surface area contributed by atoms with Crippen LogP contribution in [0.5, 0.6) is 0 Å². The highest BCUT2D eigenvalue weighted by Crippen LogP contribution is 2.28. The first-order chi connectivity index (χ1) is 9.25. The fraction of sp³-hybridized carbons (Fsp3) is 0.429. The van der Waals surface area contributed by atoms with Crippen LogP contribution in [0.25, 0.3) is 5.69 Å². The third kappa shape index (κ3) is 2.51. The van der Waals surface area contributed by atoms with Crippen molar-refractivity contribution < 1.29 is 0 Å². The number of halogens is 1. The SMILES string of the molecule is CN1CCC[C@H](c2nncn2-c2ccccc2Cl)C1. The van der Waals surface area contributed by atoms with E-state index in [1.54, 1.807) is 6.33 Å². The molecule has 2 heterocycles. The molecule has 1 aromatic carbocycles. The van der Waals surface area contributed by atoms with E-state index in [9.17, 15) is 0 Å². The number of para-hydroxylation sites is 1. The zero-order valence-corrected chi connectivity index (χ0v) is 11.7. The highest BCUT2D eigenvalue weighted by molar-refractivity contribution is 6.32. The topological polar surface area (TPSA) is 34.0 Å². The van der Waals surface area contributed by atoms with Gasteiger partial charge in [0.2, 0.25) is 0 Å². The van der Waals surface area contributed by atoms with Gasteiger partial charge >= 0.3 is 0 Å². The second kappa shape index (κ2) is 5.31. The number of nitrogens with zero attached hydrogens (tertiary/aromatic N) is 4. The molecule has 1 aliphatic heterocycles. The van der Waals surface area contributed by atoms with Gasteiger partial charge in [0.1, 0.15) is 12.2 Å². The zero-order chi connectivity index (χ0) is 13.2. The van der Waals surface area contributed by atoms with E-state index < -0.39 is 0 Å². The predicted octanol–water partition coefficient (Wildman–Crippen LogP) is 2.73. The van der Waals surface area contributed by atoms with Crippen LogP contribution < -0.4 is 0 Å². The monoisotopic (exact) mass is 276 g/mol. The van der Waals surface area contributed by atoms with Crippen molar-refractivity contribution in [3.05, 3.63) is 41.4 Å². The van der Waals surface area contributed by atoms with Gasteiger partial charge in [-0.25, -0.2) is 0 Å². The minimum atomic E-state index is 0.428. The highest BCUT2D eigenvalue weighted by Gasteiger charge is 2.24. The summed E-state index contributed by atoms with van der Waals surface area (Å²) >= 11 is 6.27. The molecular weight excluding hydrogens is 260 g/mol. The molecule has 1 aliphatic rings. The van der Waals surface area contributed by atoms with Crippen molar-refractivity contribution >= 4 is 11.6 Å². The molecule has 0 bridgehead atoms. The molecule has 0 saturated carbocycles. The lowest BCUT2D eigenvalue weighted by atomic mass is 9.97. The van der Waals surface area contributed by atoms with Gasteiger partial charge < -0.3 is 4.90 Å². The minimum Gasteiger partial charge on any atom is -0.306 e. The molecule has 0 spiro atoms. The predicted molar refractivity (Wildman–Crippen MR) is 75.8 cm³/mol. The van der Waals surface area contributed by atoms with Gasteiger partial charge in [-0.2, -0.15) is 0 Å². The van der Waals surface area contributed by atoms with Gasteiger partial charge in [-0.1, -0.05) is 23.7 Å². The maximum absolute atomic E-state index is 6.27. The molecule has 2 aromatic rings. The van der Waals surface area contributed by atoms with Gasteiger partial charge in [-0.3, -0.25) is 4.57 Å². The summed E-state index contributed by atoms with van der Waals surface area (Å²) in [5.74, 6) is 1.44. The van der Waals surface area contributed by atoms with Gasteiger partial charge in [0, 0.05) is 12.5 Å². The Labute approximate surface area is 118 Å².